The molecule has 3 heterocycles. The molecule has 0 bridgehead atoms. The van der Waals surface area contributed by atoms with E-state index in [2.05, 4.69) is 21.4 Å². The van der Waals surface area contributed by atoms with Crippen LogP contribution in [0, 0.1) is 29.6 Å². The number of aromatic nitrogens is 2. The number of carbonyl (C=O) groups excluding carboxylic acids is 1. The second-order valence-electron chi connectivity index (χ2n) is 5.93. The zero-order valence-corrected chi connectivity index (χ0v) is 17.2. The Morgan fingerprint density at radius 3 is 2.69 bits per heavy atom. The Morgan fingerprint density at radius 2 is 2.14 bits per heavy atom. The average Bonchev–Trinajstić information content (AvgIpc) is 3.37. The van der Waals surface area contributed by atoms with Gasteiger partial charge in [0.25, 0.3) is 0 Å². The van der Waals surface area contributed by atoms with Gasteiger partial charge in [0.15, 0.2) is 5.13 Å². The van der Waals surface area contributed by atoms with Crippen LogP contribution >= 0.6 is 23.1 Å². The predicted molar refractivity (Wildman–Crippen MR) is 111 cm³/mol. The van der Waals surface area contributed by atoms with Crippen molar-refractivity contribution in [2.45, 2.75) is 30.5 Å². The molecule has 0 radical (unpaired) electrons. The normalized spacial score (nSPS) is 11.4. The van der Waals surface area contributed by atoms with E-state index in [0.717, 1.165) is 17.5 Å². The van der Waals surface area contributed by atoms with Gasteiger partial charge in [-0.05, 0) is 25.5 Å². The van der Waals surface area contributed by atoms with Gasteiger partial charge in [-0.1, -0.05) is 18.7 Å². The third kappa shape index (κ3) is 4.24. The Morgan fingerprint density at radius 1 is 1.38 bits per heavy atom. The van der Waals surface area contributed by atoms with Gasteiger partial charge in [-0.15, -0.1) is 11.3 Å². The molecule has 3 N–H and O–H groups in total. The number of anilines is 2. The molecular weight excluding hydrogens is 408 g/mol. The van der Waals surface area contributed by atoms with Crippen LogP contribution in [0.5, 0.6) is 0 Å². The van der Waals surface area contributed by atoms with Gasteiger partial charge in [0.1, 0.15) is 34.3 Å². The quantitative estimate of drug-likeness (QED) is 0.567. The molecule has 8 nitrogen and oxygen atoms in total. The van der Waals surface area contributed by atoms with Gasteiger partial charge in [0, 0.05) is 5.38 Å². The first-order valence-electron chi connectivity index (χ1n) is 8.55. The van der Waals surface area contributed by atoms with Crippen molar-refractivity contribution in [2.75, 3.05) is 11.1 Å². The summed E-state index contributed by atoms with van der Waals surface area (Å²) in [6, 6.07) is 7.36. The van der Waals surface area contributed by atoms with Crippen molar-refractivity contribution in [1.29, 1.82) is 10.5 Å². The number of pyridine rings is 1. The molecule has 0 aliphatic rings. The number of hydrogen-bond donors (Lipinski definition) is 2. The summed E-state index contributed by atoms with van der Waals surface area (Å²) in [5.74, 6) is 0.0658. The molecule has 146 valence electrons. The first kappa shape index (κ1) is 20.4. The molecule has 0 fully saturated rings. The van der Waals surface area contributed by atoms with E-state index in [1.54, 1.807) is 12.1 Å². The van der Waals surface area contributed by atoms with Crippen molar-refractivity contribution in [3.63, 3.8) is 0 Å². The number of amides is 1. The fourth-order valence-electron chi connectivity index (χ4n) is 2.60. The van der Waals surface area contributed by atoms with Crippen LogP contribution in [0.2, 0.25) is 0 Å². The Balaban J connectivity index is 1.98. The highest BCUT2D eigenvalue weighted by Crippen LogP contribution is 2.37. The standard InChI is InChI=1S/C19H16N6O2S2/c1-3-14(17(26)25-19-23-10(2)9-28-19)29-18-12(8-21)15(13-5-4-6-27-13)11(7-20)16(22)24-18/h4-6,9,14H,3H2,1-2H3,(H2,22,24)(H,23,25,26). The maximum atomic E-state index is 12.7. The van der Waals surface area contributed by atoms with Crippen molar-refractivity contribution in [3.8, 4) is 23.5 Å². The number of rotatable bonds is 6. The first-order valence-corrected chi connectivity index (χ1v) is 10.3. The van der Waals surface area contributed by atoms with Crippen LogP contribution in [0.3, 0.4) is 0 Å². The number of nitrogens with one attached hydrogen (secondary N) is 1. The molecule has 1 amide bonds. The third-order valence-electron chi connectivity index (χ3n) is 3.95. The number of hydrogen-bond acceptors (Lipinski definition) is 9. The maximum absolute atomic E-state index is 12.7. The highest BCUT2D eigenvalue weighted by Gasteiger charge is 2.26. The Kier molecular flexibility index (Phi) is 6.17. The summed E-state index contributed by atoms with van der Waals surface area (Å²) < 4.78 is 5.39. The molecule has 0 aliphatic heterocycles. The number of nitrogens with zero attached hydrogens (tertiary/aromatic N) is 4. The Hall–Kier alpha value is -3.34. The van der Waals surface area contributed by atoms with Crippen LogP contribution in [0.25, 0.3) is 11.3 Å². The number of thiazole rings is 1. The van der Waals surface area contributed by atoms with Crippen LogP contribution in [0.4, 0.5) is 10.9 Å². The van der Waals surface area contributed by atoms with E-state index in [1.807, 2.05) is 25.3 Å². The van der Waals surface area contributed by atoms with Crippen LogP contribution < -0.4 is 11.1 Å². The van der Waals surface area contributed by atoms with Gasteiger partial charge in [-0.3, -0.25) is 4.79 Å². The topological polar surface area (TPSA) is 142 Å². The van der Waals surface area contributed by atoms with E-state index in [4.69, 9.17) is 10.2 Å². The minimum atomic E-state index is -0.532. The summed E-state index contributed by atoms with van der Waals surface area (Å²) in [6.07, 6.45) is 1.93. The molecule has 0 saturated carbocycles. The summed E-state index contributed by atoms with van der Waals surface area (Å²) in [6.45, 7) is 3.70. The van der Waals surface area contributed by atoms with Gasteiger partial charge in [-0.25, -0.2) is 9.97 Å². The van der Waals surface area contributed by atoms with Gasteiger partial charge in [0.05, 0.1) is 28.3 Å². The van der Waals surface area contributed by atoms with Crippen molar-refractivity contribution in [1.82, 2.24) is 9.97 Å². The second kappa shape index (κ2) is 8.78. The lowest BCUT2D eigenvalue weighted by molar-refractivity contribution is -0.115. The molecule has 1 atom stereocenters. The fourth-order valence-corrected chi connectivity index (χ4v) is 4.31. The fraction of sp³-hybridized carbons (Fsp3) is 0.211. The zero-order valence-electron chi connectivity index (χ0n) is 15.6. The lowest BCUT2D eigenvalue weighted by atomic mass is 10.0. The van der Waals surface area contributed by atoms with Gasteiger partial charge in [0.2, 0.25) is 5.91 Å². The van der Waals surface area contributed by atoms with Crippen LogP contribution in [0.1, 0.15) is 30.2 Å². The highest BCUT2D eigenvalue weighted by atomic mass is 32.2. The highest BCUT2D eigenvalue weighted by molar-refractivity contribution is 8.00. The minimum absolute atomic E-state index is 0.0220. The number of nitriles is 2. The van der Waals surface area contributed by atoms with Gasteiger partial charge < -0.3 is 15.5 Å². The van der Waals surface area contributed by atoms with Crippen molar-refractivity contribution in [2.24, 2.45) is 0 Å². The molecule has 3 aromatic rings. The smallest absolute Gasteiger partial charge is 0.239 e. The van der Waals surface area contributed by atoms with Crippen molar-refractivity contribution in [3.05, 3.63) is 40.6 Å². The number of thioether (sulfide) groups is 1. The van der Waals surface area contributed by atoms with E-state index in [0.29, 0.717) is 17.3 Å². The second-order valence-corrected chi connectivity index (χ2v) is 7.98. The predicted octanol–water partition coefficient (Wildman–Crippen LogP) is 3.94. The molecule has 1 unspecified atom stereocenters. The molecule has 3 aromatic heterocycles. The van der Waals surface area contributed by atoms with E-state index >= 15 is 0 Å². The maximum Gasteiger partial charge on any atom is 0.239 e. The van der Waals surface area contributed by atoms with Crippen molar-refractivity contribution >= 4 is 40.0 Å². The third-order valence-corrected chi connectivity index (χ3v) is 6.18. The van der Waals surface area contributed by atoms with Crippen molar-refractivity contribution < 1.29 is 9.21 Å². The lowest BCUT2D eigenvalue weighted by Crippen LogP contribution is -2.25. The number of carbonyl (C=O) groups is 1. The number of nitrogen functional groups attached to an aromatic ring is 1. The lowest BCUT2D eigenvalue weighted by Gasteiger charge is -2.16. The van der Waals surface area contributed by atoms with Gasteiger partial charge in [-0.2, -0.15) is 10.5 Å². The summed E-state index contributed by atoms with van der Waals surface area (Å²) in [5.41, 5.74) is 7.29. The summed E-state index contributed by atoms with van der Waals surface area (Å²) in [4.78, 5) is 21.2. The minimum Gasteiger partial charge on any atom is -0.464 e. The first-order chi connectivity index (χ1) is 14.0. The summed E-state index contributed by atoms with van der Waals surface area (Å²) >= 11 is 2.46. The Labute approximate surface area is 175 Å². The van der Waals surface area contributed by atoms with E-state index in [9.17, 15) is 15.3 Å². The Bertz CT molecular complexity index is 1130. The average molecular weight is 425 g/mol. The van der Waals surface area contributed by atoms with E-state index < -0.39 is 5.25 Å². The van der Waals surface area contributed by atoms with E-state index in [1.165, 1.54) is 17.6 Å². The largest absolute Gasteiger partial charge is 0.464 e. The number of furan rings is 1. The van der Waals surface area contributed by atoms with E-state index in [-0.39, 0.29) is 33.4 Å². The summed E-state index contributed by atoms with van der Waals surface area (Å²) in [7, 11) is 0. The molecule has 0 saturated heterocycles. The SMILES string of the molecule is CCC(Sc1nc(N)c(C#N)c(-c2ccco2)c1C#N)C(=O)Nc1nc(C)cs1. The molecule has 0 spiro atoms. The molecule has 0 aromatic carbocycles. The molecule has 10 heteroatoms. The van der Waals surface area contributed by atoms with Gasteiger partial charge >= 0.3 is 0 Å². The zero-order chi connectivity index (χ0) is 21.0. The monoisotopic (exact) mass is 424 g/mol. The number of nitrogens with two attached hydrogens (primary N) is 1. The van der Waals surface area contributed by atoms with Crippen LogP contribution in [-0.4, -0.2) is 21.1 Å². The van der Waals surface area contributed by atoms with Crippen LogP contribution in [0.15, 0.2) is 33.2 Å². The van der Waals surface area contributed by atoms with Crippen LogP contribution in [-0.2, 0) is 4.79 Å². The number of aryl methyl sites for hydroxylation is 1. The molecule has 3 rings (SSSR count). The molecule has 0 aliphatic carbocycles. The molecular formula is C19H16N6O2S2. The summed E-state index contributed by atoms with van der Waals surface area (Å²) in [5, 5.41) is 24.1. The molecule has 29 heavy (non-hydrogen) atoms.